The van der Waals surface area contributed by atoms with E-state index in [9.17, 15) is 0 Å². The third-order valence-corrected chi connectivity index (χ3v) is 4.50. The van der Waals surface area contributed by atoms with Crippen molar-refractivity contribution in [3.63, 3.8) is 0 Å². The van der Waals surface area contributed by atoms with E-state index in [0.717, 1.165) is 36.2 Å². The fourth-order valence-electron chi connectivity index (χ4n) is 2.61. The fraction of sp³-hybridized carbons (Fsp3) is 0.474. The molecule has 0 saturated carbocycles. The quantitative estimate of drug-likeness (QED) is 0.353. The summed E-state index contributed by atoms with van der Waals surface area (Å²) in [6.45, 7) is 8.86. The van der Waals surface area contributed by atoms with E-state index in [4.69, 9.17) is 21.3 Å². The molecule has 1 aromatic carbocycles. The summed E-state index contributed by atoms with van der Waals surface area (Å²) in [6, 6.07) is 7.39. The number of halogens is 2. The van der Waals surface area contributed by atoms with Gasteiger partial charge in [-0.15, -0.1) is 24.0 Å². The molecule has 0 radical (unpaired) electrons. The molecule has 0 atom stereocenters. The molecule has 0 aliphatic carbocycles. The van der Waals surface area contributed by atoms with Crippen LogP contribution in [0.5, 0.6) is 5.75 Å². The second-order valence-electron chi connectivity index (χ2n) is 6.17. The van der Waals surface area contributed by atoms with Crippen molar-refractivity contribution >= 4 is 41.5 Å². The molecule has 1 heterocycles. The van der Waals surface area contributed by atoms with Gasteiger partial charge in [-0.3, -0.25) is 4.68 Å². The van der Waals surface area contributed by atoms with Crippen LogP contribution in [0.3, 0.4) is 0 Å². The zero-order valence-electron chi connectivity index (χ0n) is 16.6. The first kappa shape index (κ1) is 23.6. The molecule has 2 rings (SSSR count). The number of aliphatic imine (C=N–C) groups is 1. The molecule has 0 spiro atoms. The van der Waals surface area contributed by atoms with Gasteiger partial charge in [-0.2, -0.15) is 5.10 Å². The lowest BCUT2D eigenvalue weighted by molar-refractivity contribution is 0.281. The highest BCUT2D eigenvalue weighted by Crippen LogP contribution is 2.15. The van der Waals surface area contributed by atoms with Crippen LogP contribution < -0.4 is 10.1 Å². The minimum atomic E-state index is 0. The predicted molar refractivity (Wildman–Crippen MR) is 122 cm³/mol. The van der Waals surface area contributed by atoms with Crippen LogP contribution in [0.1, 0.15) is 23.9 Å². The smallest absolute Gasteiger partial charge is 0.194 e. The summed E-state index contributed by atoms with van der Waals surface area (Å²) < 4.78 is 7.67. The molecule has 27 heavy (non-hydrogen) atoms. The molecule has 0 fully saturated rings. The molecule has 6 nitrogen and oxygen atoms in total. The number of ether oxygens (including phenoxy) is 1. The van der Waals surface area contributed by atoms with E-state index in [1.54, 1.807) is 0 Å². The van der Waals surface area contributed by atoms with Gasteiger partial charge in [-0.25, -0.2) is 4.99 Å². The van der Waals surface area contributed by atoms with Crippen LogP contribution in [0, 0.1) is 13.8 Å². The van der Waals surface area contributed by atoms with Crippen molar-refractivity contribution < 1.29 is 4.74 Å². The lowest BCUT2D eigenvalue weighted by Gasteiger charge is -2.22. The number of nitrogens with zero attached hydrogens (tertiary/aromatic N) is 4. The second kappa shape index (κ2) is 11.4. The average Bonchev–Trinajstić information content (AvgIpc) is 2.85. The summed E-state index contributed by atoms with van der Waals surface area (Å²) in [5.74, 6) is 1.67. The van der Waals surface area contributed by atoms with E-state index in [1.165, 1.54) is 5.56 Å². The topological polar surface area (TPSA) is 54.7 Å². The van der Waals surface area contributed by atoms with Gasteiger partial charge in [0.05, 0.1) is 18.8 Å². The summed E-state index contributed by atoms with van der Waals surface area (Å²) in [4.78, 5) is 6.83. The van der Waals surface area contributed by atoms with E-state index in [-0.39, 0.29) is 24.0 Å². The van der Waals surface area contributed by atoms with Crippen LogP contribution in [0.25, 0.3) is 0 Å². The van der Waals surface area contributed by atoms with E-state index >= 15 is 0 Å². The van der Waals surface area contributed by atoms with Gasteiger partial charge in [0.15, 0.2) is 5.96 Å². The number of nitrogens with one attached hydrogen (secondary N) is 1. The predicted octanol–water partition coefficient (Wildman–Crippen LogP) is 3.78. The Morgan fingerprint density at radius 3 is 2.52 bits per heavy atom. The number of guanidine groups is 1. The van der Waals surface area contributed by atoms with E-state index in [1.807, 2.05) is 50.0 Å². The van der Waals surface area contributed by atoms with Gasteiger partial charge in [0, 0.05) is 36.9 Å². The summed E-state index contributed by atoms with van der Waals surface area (Å²) >= 11 is 5.89. The number of rotatable bonds is 7. The number of benzene rings is 1. The standard InChI is InChI=1S/C19H28ClN5O.HI/c1-6-21-19(22-13-18-14(2)23-25(5)15(18)3)24(4)11-12-26-17-9-7-16(20)8-10-17;/h7-10H,6,11-13H2,1-5H3,(H,21,22);1H. The van der Waals surface area contributed by atoms with E-state index in [0.29, 0.717) is 18.2 Å². The van der Waals surface area contributed by atoms with Crippen molar-refractivity contribution in [2.45, 2.75) is 27.3 Å². The molecule has 8 heteroatoms. The van der Waals surface area contributed by atoms with Gasteiger partial charge in [-0.1, -0.05) is 11.6 Å². The van der Waals surface area contributed by atoms with Crippen molar-refractivity contribution in [1.82, 2.24) is 20.0 Å². The minimum absolute atomic E-state index is 0. The molecule has 150 valence electrons. The summed E-state index contributed by atoms with van der Waals surface area (Å²) in [7, 11) is 3.97. The number of aryl methyl sites for hydroxylation is 2. The van der Waals surface area contributed by atoms with Crippen LogP contribution in [0.4, 0.5) is 0 Å². The first-order valence-corrected chi connectivity index (χ1v) is 9.17. The Kier molecular flexibility index (Phi) is 9.93. The Bertz CT molecular complexity index is 745. The molecule has 2 aromatic rings. The molecular formula is C19H29ClIN5O. The maximum absolute atomic E-state index is 5.89. The Morgan fingerprint density at radius 2 is 1.96 bits per heavy atom. The maximum Gasteiger partial charge on any atom is 0.194 e. The molecule has 0 amide bonds. The first-order valence-electron chi connectivity index (χ1n) is 8.79. The van der Waals surface area contributed by atoms with Gasteiger partial charge in [-0.05, 0) is 45.0 Å². The molecule has 0 bridgehead atoms. The summed E-state index contributed by atoms with van der Waals surface area (Å²) in [5, 5.41) is 8.49. The molecule has 1 aromatic heterocycles. The van der Waals surface area contributed by atoms with Gasteiger partial charge in [0.2, 0.25) is 0 Å². The van der Waals surface area contributed by atoms with Crippen molar-refractivity contribution in [2.75, 3.05) is 26.7 Å². The summed E-state index contributed by atoms with van der Waals surface area (Å²) in [6.07, 6.45) is 0. The minimum Gasteiger partial charge on any atom is -0.492 e. The molecule has 1 N–H and O–H groups in total. The van der Waals surface area contributed by atoms with Gasteiger partial charge < -0.3 is 15.0 Å². The highest BCUT2D eigenvalue weighted by atomic mass is 127. The highest BCUT2D eigenvalue weighted by Gasteiger charge is 2.11. The Hall–Kier alpha value is -1.48. The van der Waals surface area contributed by atoms with E-state index < -0.39 is 0 Å². The number of hydrogen-bond acceptors (Lipinski definition) is 3. The normalized spacial score (nSPS) is 11.1. The van der Waals surface area contributed by atoms with Crippen LogP contribution in [-0.2, 0) is 13.6 Å². The third-order valence-electron chi connectivity index (χ3n) is 4.25. The Labute approximate surface area is 184 Å². The number of aromatic nitrogens is 2. The number of hydrogen-bond donors (Lipinski definition) is 1. The number of likely N-dealkylation sites (N-methyl/N-ethyl adjacent to an activating group) is 1. The maximum atomic E-state index is 5.89. The SMILES string of the molecule is CCNC(=NCc1c(C)nn(C)c1C)N(C)CCOc1ccc(Cl)cc1.I. The van der Waals surface area contributed by atoms with Crippen molar-refractivity contribution in [2.24, 2.45) is 12.0 Å². The van der Waals surface area contributed by atoms with Gasteiger partial charge in [0.1, 0.15) is 12.4 Å². The third kappa shape index (κ3) is 6.88. The monoisotopic (exact) mass is 505 g/mol. The lowest BCUT2D eigenvalue weighted by Crippen LogP contribution is -2.40. The average molecular weight is 506 g/mol. The van der Waals surface area contributed by atoms with Crippen LogP contribution in [0.15, 0.2) is 29.3 Å². The van der Waals surface area contributed by atoms with E-state index in [2.05, 4.69) is 29.2 Å². The molecule has 0 unspecified atom stereocenters. The first-order chi connectivity index (χ1) is 12.4. The van der Waals surface area contributed by atoms with Crippen molar-refractivity contribution in [1.29, 1.82) is 0 Å². The largest absolute Gasteiger partial charge is 0.492 e. The fourth-order valence-corrected chi connectivity index (χ4v) is 2.73. The lowest BCUT2D eigenvalue weighted by atomic mass is 10.2. The Balaban J connectivity index is 0.00000364. The molecule has 0 aliphatic rings. The van der Waals surface area contributed by atoms with Gasteiger partial charge >= 0.3 is 0 Å². The zero-order chi connectivity index (χ0) is 19.1. The second-order valence-corrected chi connectivity index (χ2v) is 6.60. The van der Waals surface area contributed by atoms with Crippen molar-refractivity contribution in [3.05, 3.63) is 46.2 Å². The molecular weight excluding hydrogens is 477 g/mol. The van der Waals surface area contributed by atoms with Crippen LogP contribution in [0.2, 0.25) is 5.02 Å². The molecule has 0 saturated heterocycles. The van der Waals surface area contributed by atoms with Gasteiger partial charge in [0.25, 0.3) is 0 Å². The molecule has 0 aliphatic heterocycles. The van der Waals surface area contributed by atoms with Crippen LogP contribution in [-0.4, -0.2) is 47.4 Å². The van der Waals surface area contributed by atoms with Crippen LogP contribution >= 0.6 is 35.6 Å². The zero-order valence-corrected chi connectivity index (χ0v) is 19.7. The highest BCUT2D eigenvalue weighted by molar-refractivity contribution is 14.0. The Morgan fingerprint density at radius 1 is 1.30 bits per heavy atom. The summed E-state index contributed by atoms with van der Waals surface area (Å²) in [5.41, 5.74) is 3.35. The van der Waals surface area contributed by atoms with Crippen molar-refractivity contribution in [3.8, 4) is 5.75 Å².